The predicted octanol–water partition coefficient (Wildman–Crippen LogP) is 3.08. The standard InChI is InChI=1S/C15H14ClFN2O/c16-7-2-1-4-13-5-6-14(12-15(13)17)20-11-10-19-9-3-8-18-19/h3,5-6,8-9,12H,2,7,10-11H2. The molecule has 0 spiro atoms. The van der Waals surface area contributed by atoms with Gasteiger partial charge in [-0.25, -0.2) is 4.39 Å². The summed E-state index contributed by atoms with van der Waals surface area (Å²) in [6, 6.07) is 6.50. The zero-order valence-electron chi connectivity index (χ0n) is 10.9. The lowest BCUT2D eigenvalue weighted by molar-refractivity contribution is 0.290. The molecule has 0 aliphatic rings. The molecular weight excluding hydrogens is 279 g/mol. The van der Waals surface area contributed by atoms with Crippen LogP contribution in [0.1, 0.15) is 12.0 Å². The molecule has 2 rings (SSSR count). The molecule has 0 atom stereocenters. The van der Waals surface area contributed by atoms with Crippen molar-refractivity contribution in [2.75, 3.05) is 12.5 Å². The number of nitrogens with zero attached hydrogens (tertiary/aromatic N) is 2. The summed E-state index contributed by atoms with van der Waals surface area (Å²) < 4.78 is 21.0. The fourth-order valence-electron chi connectivity index (χ4n) is 1.58. The molecule has 2 aromatic rings. The van der Waals surface area contributed by atoms with Crippen LogP contribution in [0.2, 0.25) is 0 Å². The maximum Gasteiger partial charge on any atom is 0.142 e. The van der Waals surface area contributed by atoms with E-state index in [9.17, 15) is 4.39 Å². The van der Waals surface area contributed by atoms with Gasteiger partial charge in [-0.2, -0.15) is 5.10 Å². The van der Waals surface area contributed by atoms with Crippen molar-refractivity contribution in [3.05, 3.63) is 48.0 Å². The topological polar surface area (TPSA) is 27.1 Å². The van der Waals surface area contributed by atoms with Crippen molar-refractivity contribution < 1.29 is 9.13 Å². The van der Waals surface area contributed by atoms with E-state index in [1.807, 2.05) is 12.3 Å². The second-order valence-electron chi connectivity index (χ2n) is 4.00. The lowest BCUT2D eigenvalue weighted by atomic mass is 10.2. The second-order valence-corrected chi connectivity index (χ2v) is 4.38. The van der Waals surface area contributed by atoms with Gasteiger partial charge in [0.25, 0.3) is 0 Å². The van der Waals surface area contributed by atoms with Crippen molar-refractivity contribution in [3.8, 4) is 17.6 Å². The molecule has 1 aromatic heterocycles. The van der Waals surface area contributed by atoms with Gasteiger partial charge in [0.15, 0.2) is 0 Å². The van der Waals surface area contributed by atoms with Crippen LogP contribution in [0.3, 0.4) is 0 Å². The Balaban J connectivity index is 1.90. The van der Waals surface area contributed by atoms with Crippen LogP contribution in [0.25, 0.3) is 0 Å². The molecule has 0 aliphatic heterocycles. The molecule has 0 saturated heterocycles. The Bertz CT molecular complexity index is 602. The monoisotopic (exact) mass is 292 g/mol. The van der Waals surface area contributed by atoms with Gasteiger partial charge in [0.2, 0.25) is 0 Å². The SMILES string of the molecule is Fc1cc(OCCn2cccn2)ccc1C#CCCCl. The van der Waals surface area contributed by atoms with E-state index in [1.54, 1.807) is 23.0 Å². The number of hydrogen-bond donors (Lipinski definition) is 0. The Morgan fingerprint density at radius 3 is 3.00 bits per heavy atom. The summed E-state index contributed by atoms with van der Waals surface area (Å²) in [6.07, 6.45) is 4.09. The molecule has 0 unspecified atom stereocenters. The first kappa shape index (κ1) is 14.4. The number of aromatic nitrogens is 2. The Morgan fingerprint density at radius 1 is 1.40 bits per heavy atom. The number of alkyl halides is 1. The summed E-state index contributed by atoms with van der Waals surface area (Å²) in [5.41, 5.74) is 0.356. The minimum Gasteiger partial charge on any atom is -0.492 e. The van der Waals surface area contributed by atoms with Crippen LogP contribution in [-0.4, -0.2) is 22.3 Å². The highest BCUT2D eigenvalue weighted by Gasteiger charge is 2.02. The van der Waals surface area contributed by atoms with E-state index in [1.165, 1.54) is 6.07 Å². The van der Waals surface area contributed by atoms with Gasteiger partial charge in [-0.15, -0.1) is 11.6 Å². The molecular formula is C15H14ClFN2O. The van der Waals surface area contributed by atoms with E-state index < -0.39 is 0 Å². The van der Waals surface area contributed by atoms with E-state index in [-0.39, 0.29) is 5.82 Å². The first-order valence-electron chi connectivity index (χ1n) is 6.24. The highest BCUT2D eigenvalue weighted by molar-refractivity contribution is 6.18. The van der Waals surface area contributed by atoms with E-state index in [4.69, 9.17) is 16.3 Å². The Kier molecular flexibility index (Phi) is 5.45. The Morgan fingerprint density at radius 2 is 2.30 bits per heavy atom. The molecule has 104 valence electrons. The van der Waals surface area contributed by atoms with Crippen molar-refractivity contribution >= 4 is 11.6 Å². The highest BCUT2D eigenvalue weighted by Crippen LogP contribution is 2.16. The van der Waals surface area contributed by atoms with Crippen LogP contribution in [0.5, 0.6) is 5.75 Å². The number of benzene rings is 1. The smallest absolute Gasteiger partial charge is 0.142 e. The minimum atomic E-state index is -0.385. The molecule has 20 heavy (non-hydrogen) atoms. The normalized spacial score (nSPS) is 9.90. The third kappa shape index (κ3) is 4.29. The molecule has 0 N–H and O–H groups in total. The molecule has 0 amide bonds. The molecule has 0 bridgehead atoms. The van der Waals surface area contributed by atoms with E-state index in [2.05, 4.69) is 16.9 Å². The first-order chi connectivity index (χ1) is 9.79. The van der Waals surface area contributed by atoms with Crippen LogP contribution in [0.4, 0.5) is 4.39 Å². The number of ether oxygens (including phenoxy) is 1. The summed E-state index contributed by atoms with van der Waals surface area (Å²) >= 11 is 5.51. The predicted molar refractivity (Wildman–Crippen MR) is 76.3 cm³/mol. The van der Waals surface area contributed by atoms with E-state index >= 15 is 0 Å². The molecule has 0 aliphatic carbocycles. The zero-order chi connectivity index (χ0) is 14.2. The average molecular weight is 293 g/mol. The van der Waals surface area contributed by atoms with Gasteiger partial charge in [-0.1, -0.05) is 11.8 Å². The van der Waals surface area contributed by atoms with Gasteiger partial charge in [0.05, 0.1) is 12.1 Å². The van der Waals surface area contributed by atoms with Crippen molar-refractivity contribution in [1.82, 2.24) is 9.78 Å². The summed E-state index contributed by atoms with van der Waals surface area (Å²) in [5, 5.41) is 4.05. The van der Waals surface area contributed by atoms with Gasteiger partial charge in [0, 0.05) is 30.8 Å². The third-order valence-electron chi connectivity index (χ3n) is 2.53. The van der Waals surface area contributed by atoms with Crippen molar-refractivity contribution in [2.24, 2.45) is 0 Å². The summed E-state index contributed by atoms with van der Waals surface area (Å²) in [5.74, 6) is 6.09. The number of hydrogen-bond acceptors (Lipinski definition) is 2. The van der Waals surface area contributed by atoms with Crippen LogP contribution >= 0.6 is 11.6 Å². The minimum absolute atomic E-state index is 0.356. The van der Waals surface area contributed by atoms with Crippen LogP contribution in [0, 0.1) is 17.7 Å². The summed E-state index contributed by atoms with van der Waals surface area (Å²) in [6.45, 7) is 1.05. The van der Waals surface area contributed by atoms with Gasteiger partial charge >= 0.3 is 0 Å². The third-order valence-corrected chi connectivity index (χ3v) is 2.72. The molecule has 1 aromatic carbocycles. The van der Waals surface area contributed by atoms with E-state index in [0.29, 0.717) is 36.8 Å². The average Bonchev–Trinajstić information content (AvgIpc) is 2.95. The molecule has 0 fully saturated rings. The first-order valence-corrected chi connectivity index (χ1v) is 6.77. The Hall–Kier alpha value is -1.99. The summed E-state index contributed by atoms with van der Waals surface area (Å²) in [7, 11) is 0. The fourth-order valence-corrected chi connectivity index (χ4v) is 1.68. The maximum absolute atomic E-state index is 13.7. The van der Waals surface area contributed by atoms with Crippen molar-refractivity contribution in [2.45, 2.75) is 13.0 Å². The summed E-state index contributed by atoms with van der Waals surface area (Å²) in [4.78, 5) is 0. The highest BCUT2D eigenvalue weighted by atomic mass is 35.5. The van der Waals surface area contributed by atoms with Crippen molar-refractivity contribution in [1.29, 1.82) is 0 Å². The zero-order valence-corrected chi connectivity index (χ0v) is 11.6. The molecule has 5 heteroatoms. The van der Waals surface area contributed by atoms with Crippen LogP contribution < -0.4 is 4.74 Å². The maximum atomic E-state index is 13.7. The van der Waals surface area contributed by atoms with Crippen LogP contribution in [0.15, 0.2) is 36.7 Å². The lowest BCUT2D eigenvalue weighted by Gasteiger charge is -2.06. The molecule has 0 radical (unpaired) electrons. The van der Waals surface area contributed by atoms with Gasteiger partial charge in [-0.05, 0) is 18.2 Å². The largest absolute Gasteiger partial charge is 0.492 e. The fraction of sp³-hybridized carbons (Fsp3) is 0.267. The second kappa shape index (κ2) is 7.56. The molecule has 3 nitrogen and oxygen atoms in total. The van der Waals surface area contributed by atoms with Gasteiger partial charge in [0.1, 0.15) is 18.2 Å². The van der Waals surface area contributed by atoms with Crippen molar-refractivity contribution in [3.63, 3.8) is 0 Å². The van der Waals surface area contributed by atoms with Gasteiger partial charge in [-0.3, -0.25) is 4.68 Å². The Labute approximate surface area is 122 Å². The number of halogens is 2. The lowest BCUT2D eigenvalue weighted by Crippen LogP contribution is -2.08. The molecule has 1 heterocycles. The molecule has 0 saturated carbocycles. The van der Waals surface area contributed by atoms with E-state index in [0.717, 1.165) is 0 Å². The van der Waals surface area contributed by atoms with Crippen LogP contribution in [-0.2, 0) is 6.54 Å². The van der Waals surface area contributed by atoms with Gasteiger partial charge < -0.3 is 4.74 Å². The quantitative estimate of drug-likeness (QED) is 0.625. The number of rotatable bonds is 5.